The molecule has 9 nitrogen and oxygen atoms in total. The SMILES string of the molecule is N#Cc1ccc(CN2C(=O)CN(C(=O)O)CC2CN2CCOCC2)cc1N=C(c1ccccc1)c1ccccc1. The van der Waals surface area contributed by atoms with Crippen molar-refractivity contribution < 1.29 is 19.4 Å². The molecule has 2 saturated heterocycles. The van der Waals surface area contributed by atoms with Gasteiger partial charge < -0.3 is 14.7 Å². The van der Waals surface area contributed by atoms with Crippen molar-refractivity contribution in [3.8, 4) is 6.07 Å². The van der Waals surface area contributed by atoms with Crippen LogP contribution in [0.15, 0.2) is 83.9 Å². The Morgan fingerprint density at radius 2 is 1.65 bits per heavy atom. The Morgan fingerprint density at radius 3 is 2.25 bits per heavy atom. The van der Waals surface area contributed by atoms with Crippen LogP contribution in [0.4, 0.5) is 10.5 Å². The topological polar surface area (TPSA) is 109 Å². The fraction of sp³-hybridized carbons (Fsp3) is 0.290. The van der Waals surface area contributed by atoms with Crippen LogP contribution < -0.4 is 0 Å². The Hall–Kier alpha value is -4.52. The maximum absolute atomic E-state index is 13.2. The molecule has 3 aromatic rings. The summed E-state index contributed by atoms with van der Waals surface area (Å²) in [5.41, 5.74) is 4.36. The molecule has 3 aromatic carbocycles. The molecular formula is C31H31N5O4. The first-order chi connectivity index (χ1) is 19.5. The minimum atomic E-state index is -1.09. The third-order valence-electron chi connectivity index (χ3n) is 7.22. The molecule has 2 aliphatic rings. The predicted molar refractivity (Wildman–Crippen MR) is 151 cm³/mol. The molecule has 1 unspecified atom stereocenters. The Morgan fingerprint density at radius 1 is 1.00 bits per heavy atom. The van der Waals surface area contributed by atoms with Crippen molar-refractivity contribution in [3.05, 3.63) is 101 Å². The lowest BCUT2D eigenvalue weighted by Gasteiger charge is -2.42. The molecule has 1 atom stereocenters. The largest absolute Gasteiger partial charge is 0.465 e. The highest BCUT2D eigenvalue weighted by Crippen LogP contribution is 2.26. The summed E-state index contributed by atoms with van der Waals surface area (Å²) in [6.07, 6.45) is -1.09. The minimum absolute atomic E-state index is 0.178. The first-order valence-corrected chi connectivity index (χ1v) is 13.3. The Kier molecular flexibility index (Phi) is 8.50. The molecule has 2 amide bonds. The number of carboxylic acid groups (broad SMARTS) is 1. The molecular weight excluding hydrogens is 506 g/mol. The van der Waals surface area contributed by atoms with E-state index in [1.807, 2.05) is 72.8 Å². The van der Waals surface area contributed by atoms with Crippen LogP contribution in [0.5, 0.6) is 0 Å². The van der Waals surface area contributed by atoms with E-state index in [0.717, 1.165) is 35.5 Å². The number of morpholine rings is 1. The second-order valence-electron chi connectivity index (χ2n) is 9.91. The van der Waals surface area contributed by atoms with E-state index in [-0.39, 0.29) is 25.0 Å². The van der Waals surface area contributed by atoms with Gasteiger partial charge in [0, 0.05) is 43.9 Å². The van der Waals surface area contributed by atoms with E-state index in [0.29, 0.717) is 37.6 Å². The van der Waals surface area contributed by atoms with E-state index in [9.17, 15) is 20.0 Å². The minimum Gasteiger partial charge on any atom is -0.465 e. The van der Waals surface area contributed by atoms with Gasteiger partial charge in [-0.2, -0.15) is 5.26 Å². The standard InChI is InChI=1S/C31H31N5O4/c32-18-26-12-11-23(17-28(26)33-30(24-7-3-1-4-8-24)25-9-5-2-6-10-25)19-36-27(20-34-13-15-40-16-14-34)21-35(31(38)39)22-29(36)37/h1-12,17,27H,13-16,19-22H2,(H,38,39). The summed E-state index contributed by atoms with van der Waals surface area (Å²) in [5.74, 6) is -0.240. The highest BCUT2D eigenvalue weighted by atomic mass is 16.5. The van der Waals surface area contributed by atoms with Crippen LogP contribution in [0, 0.1) is 11.3 Å². The monoisotopic (exact) mass is 537 g/mol. The molecule has 0 aliphatic carbocycles. The number of aliphatic imine (C=N–C) groups is 1. The zero-order valence-corrected chi connectivity index (χ0v) is 22.1. The van der Waals surface area contributed by atoms with Crippen LogP contribution in [0.3, 0.4) is 0 Å². The van der Waals surface area contributed by atoms with Gasteiger partial charge >= 0.3 is 6.09 Å². The van der Waals surface area contributed by atoms with Crippen LogP contribution in [-0.2, 0) is 16.1 Å². The third-order valence-corrected chi connectivity index (χ3v) is 7.22. The number of piperazine rings is 1. The number of benzene rings is 3. The average molecular weight is 538 g/mol. The number of carbonyl (C=O) groups is 2. The van der Waals surface area contributed by atoms with Crippen LogP contribution >= 0.6 is 0 Å². The van der Waals surface area contributed by atoms with Gasteiger partial charge in [0.25, 0.3) is 0 Å². The fourth-order valence-electron chi connectivity index (χ4n) is 5.14. The highest BCUT2D eigenvalue weighted by molar-refractivity contribution is 6.14. The number of nitrogens with zero attached hydrogens (tertiary/aromatic N) is 5. The molecule has 2 fully saturated rings. The van der Waals surface area contributed by atoms with E-state index < -0.39 is 6.09 Å². The molecule has 0 bridgehead atoms. The molecule has 0 saturated carbocycles. The van der Waals surface area contributed by atoms with Crippen molar-refractivity contribution in [3.63, 3.8) is 0 Å². The van der Waals surface area contributed by atoms with E-state index in [2.05, 4.69) is 11.0 Å². The maximum Gasteiger partial charge on any atom is 0.407 e. The summed E-state index contributed by atoms with van der Waals surface area (Å²) < 4.78 is 5.46. The summed E-state index contributed by atoms with van der Waals surface area (Å²) >= 11 is 0. The summed E-state index contributed by atoms with van der Waals surface area (Å²) in [6, 6.07) is 27.0. The van der Waals surface area contributed by atoms with Gasteiger partial charge in [-0.3, -0.25) is 14.6 Å². The first-order valence-electron chi connectivity index (χ1n) is 13.3. The second kappa shape index (κ2) is 12.6. The fourth-order valence-corrected chi connectivity index (χ4v) is 5.14. The van der Waals surface area contributed by atoms with Crippen LogP contribution in [0.1, 0.15) is 22.3 Å². The van der Waals surface area contributed by atoms with Gasteiger partial charge in [0.1, 0.15) is 12.6 Å². The van der Waals surface area contributed by atoms with Crippen LogP contribution in [0.25, 0.3) is 0 Å². The van der Waals surface area contributed by atoms with Gasteiger partial charge in [-0.15, -0.1) is 0 Å². The molecule has 5 rings (SSSR count). The van der Waals surface area contributed by atoms with Crippen molar-refractivity contribution in [2.24, 2.45) is 4.99 Å². The molecule has 0 spiro atoms. The summed E-state index contributed by atoms with van der Waals surface area (Å²) in [6.45, 7) is 3.63. The smallest absolute Gasteiger partial charge is 0.407 e. The molecule has 9 heteroatoms. The van der Waals surface area contributed by atoms with E-state index >= 15 is 0 Å². The summed E-state index contributed by atoms with van der Waals surface area (Å²) in [7, 11) is 0. The van der Waals surface area contributed by atoms with Gasteiger partial charge in [-0.05, 0) is 17.7 Å². The number of hydrogen-bond donors (Lipinski definition) is 1. The van der Waals surface area contributed by atoms with Gasteiger partial charge in [-0.25, -0.2) is 9.79 Å². The number of amides is 2. The Labute approximate surface area is 233 Å². The van der Waals surface area contributed by atoms with Crippen molar-refractivity contribution in [2.75, 3.05) is 45.9 Å². The number of hydrogen-bond acceptors (Lipinski definition) is 6. The van der Waals surface area contributed by atoms with E-state index in [1.54, 1.807) is 11.0 Å². The maximum atomic E-state index is 13.2. The quantitative estimate of drug-likeness (QED) is 0.460. The number of ether oxygens (including phenoxy) is 1. The van der Waals surface area contributed by atoms with Crippen molar-refractivity contribution in [2.45, 2.75) is 12.6 Å². The van der Waals surface area contributed by atoms with Gasteiger partial charge in [0.05, 0.1) is 36.2 Å². The number of rotatable bonds is 7. The highest BCUT2D eigenvalue weighted by Gasteiger charge is 2.36. The Balaban J connectivity index is 1.47. The summed E-state index contributed by atoms with van der Waals surface area (Å²) in [5, 5.41) is 19.5. The average Bonchev–Trinajstić information content (AvgIpc) is 2.99. The molecule has 0 radical (unpaired) electrons. The normalized spacial score (nSPS) is 17.8. The Bertz CT molecular complexity index is 1370. The zero-order chi connectivity index (χ0) is 27.9. The van der Waals surface area contributed by atoms with Crippen molar-refractivity contribution >= 4 is 23.4 Å². The van der Waals surface area contributed by atoms with E-state index in [4.69, 9.17) is 9.73 Å². The van der Waals surface area contributed by atoms with E-state index in [1.165, 1.54) is 4.90 Å². The van der Waals surface area contributed by atoms with Crippen molar-refractivity contribution in [1.82, 2.24) is 14.7 Å². The lowest BCUT2D eigenvalue weighted by atomic mass is 10.0. The van der Waals surface area contributed by atoms with Gasteiger partial charge in [0.2, 0.25) is 5.91 Å². The molecule has 1 N–H and O–H groups in total. The summed E-state index contributed by atoms with van der Waals surface area (Å²) in [4.78, 5) is 35.1. The third kappa shape index (κ3) is 6.37. The van der Waals surface area contributed by atoms with Crippen molar-refractivity contribution in [1.29, 1.82) is 5.26 Å². The second-order valence-corrected chi connectivity index (χ2v) is 9.91. The molecule has 2 aliphatic heterocycles. The number of carbonyl (C=O) groups excluding carboxylic acids is 1. The molecule has 204 valence electrons. The molecule has 40 heavy (non-hydrogen) atoms. The van der Waals surface area contributed by atoms with Crippen LogP contribution in [0.2, 0.25) is 0 Å². The first kappa shape index (κ1) is 27.1. The van der Waals surface area contributed by atoms with Crippen LogP contribution in [-0.4, -0.2) is 89.5 Å². The van der Waals surface area contributed by atoms with Gasteiger partial charge in [0.15, 0.2) is 0 Å². The predicted octanol–water partition coefficient (Wildman–Crippen LogP) is 3.75. The molecule has 0 aromatic heterocycles. The zero-order valence-electron chi connectivity index (χ0n) is 22.1. The lowest BCUT2D eigenvalue weighted by molar-refractivity contribution is -0.140. The number of nitriles is 1. The molecule has 2 heterocycles. The lowest BCUT2D eigenvalue weighted by Crippen LogP contribution is -2.60. The van der Waals surface area contributed by atoms with Gasteiger partial charge in [-0.1, -0.05) is 66.7 Å².